The van der Waals surface area contributed by atoms with Gasteiger partial charge >= 0.3 is 15.2 Å². The van der Waals surface area contributed by atoms with Crippen molar-refractivity contribution in [3.05, 3.63) is 0 Å². The summed E-state index contributed by atoms with van der Waals surface area (Å²) in [6.45, 7) is 0. The summed E-state index contributed by atoms with van der Waals surface area (Å²) < 4.78 is 22.2. The van der Waals surface area contributed by atoms with Crippen LogP contribution in [0, 0.1) is 0 Å². The zero-order chi connectivity index (χ0) is 11.2. The van der Waals surface area contributed by atoms with Crippen LogP contribution in [0.1, 0.15) is 25.7 Å². The zero-order valence-electron chi connectivity index (χ0n) is 7.19. The Morgan fingerprint density at radius 1 is 1.21 bits per heavy atom. The fourth-order valence-electron chi connectivity index (χ4n) is 0.749. The summed E-state index contributed by atoms with van der Waals surface area (Å²) >= 11 is 0. The Balaban J connectivity index is 3.61. The number of unbranched alkanes of at least 4 members (excludes halogenated alkanes) is 1. The Morgan fingerprint density at radius 2 is 1.71 bits per heavy atom. The van der Waals surface area contributed by atoms with E-state index in [-0.39, 0.29) is 12.8 Å². The van der Waals surface area contributed by atoms with Crippen molar-refractivity contribution >= 4 is 31.8 Å². The molecule has 0 heterocycles. The first-order valence-corrected chi connectivity index (χ1v) is 6.09. The van der Waals surface area contributed by atoms with Gasteiger partial charge in [0.2, 0.25) is 5.91 Å². The topological polar surface area (TPSA) is 101 Å². The quantitative estimate of drug-likeness (QED) is 0.514. The van der Waals surface area contributed by atoms with Crippen molar-refractivity contribution in [1.82, 2.24) is 4.72 Å². The molecule has 0 fully saturated rings. The SMILES string of the molecule is O=C(O)CCCCC(=O)NS(=O)(=O)Cl. The lowest BCUT2D eigenvalue weighted by Gasteiger charge is -1.99. The average molecular weight is 244 g/mol. The van der Waals surface area contributed by atoms with Crippen LogP contribution in [0.25, 0.3) is 0 Å². The highest BCUT2D eigenvalue weighted by Gasteiger charge is 2.09. The van der Waals surface area contributed by atoms with Gasteiger partial charge < -0.3 is 5.11 Å². The van der Waals surface area contributed by atoms with Gasteiger partial charge in [-0.2, -0.15) is 8.42 Å². The highest BCUT2D eigenvalue weighted by atomic mass is 35.7. The lowest BCUT2D eigenvalue weighted by Crippen LogP contribution is -2.26. The van der Waals surface area contributed by atoms with Crippen LogP contribution in [0.2, 0.25) is 0 Å². The van der Waals surface area contributed by atoms with E-state index in [1.54, 1.807) is 4.72 Å². The average Bonchev–Trinajstić information content (AvgIpc) is 1.94. The summed E-state index contributed by atoms with van der Waals surface area (Å²) in [5.74, 6) is -1.68. The molecule has 0 saturated heterocycles. The molecule has 0 aromatic rings. The third-order valence-corrected chi connectivity index (χ3v) is 1.98. The predicted molar refractivity (Wildman–Crippen MR) is 49.0 cm³/mol. The Bertz CT molecular complexity index is 312. The Hall–Kier alpha value is -0.820. The molecule has 0 rings (SSSR count). The van der Waals surface area contributed by atoms with Gasteiger partial charge in [-0.1, -0.05) is 0 Å². The molecule has 14 heavy (non-hydrogen) atoms. The molecule has 0 saturated carbocycles. The monoisotopic (exact) mass is 243 g/mol. The molecule has 6 nitrogen and oxygen atoms in total. The normalized spacial score (nSPS) is 10.9. The van der Waals surface area contributed by atoms with Crippen molar-refractivity contribution in [2.45, 2.75) is 25.7 Å². The van der Waals surface area contributed by atoms with Crippen LogP contribution in [0.5, 0.6) is 0 Å². The number of hydrogen-bond acceptors (Lipinski definition) is 4. The third kappa shape index (κ3) is 9.27. The molecule has 0 aliphatic rings. The van der Waals surface area contributed by atoms with Gasteiger partial charge in [0, 0.05) is 23.5 Å². The van der Waals surface area contributed by atoms with E-state index in [9.17, 15) is 18.0 Å². The first-order chi connectivity index (χ1) is 6.31. The van der Waals surface area contributed by atoms with Crippen molar-refractivity contribution in [2.24, 2.45) is 0 Å². The number of aliphatic carboxylic acids is 1. The maximum atomic E-state index is 10.8. The summed E-state index contributed by atoms with van der Waals surface area (Å²) in [5.41, 5.74) is 0. The fraction of sp³-hybridized carbons (Fsp3) is 0.667. The maximum absolute atomic E-state index is 10.8. The van der Waals surface area contributed by atoms with Gasteiger partial charge in [0.15, 0.2) is 0 Å². The van der Waals surface area contributed by atoms with Crippen molar-refractivity contribution < 1.29 is 23.1 Å². The van der Waals surface area contributed by atoms with Crippen molar-refractivity contribution in [2.75, 3.05) is 0 Å². The molecule has 0 atom stereocenters. The number of carbonyl (C=O) groups excluding carboxylic acids is 1. The number of carboxylic acid groups (broad SMARTS) is 1. The minimum atomic E-state index is -4.02. The summed E-state index contributed by atoms with van der Waals surface area (Å²) in [7, 11) is 0.717. The van der Waals surface area contributed by atoms with Crippen molar-refractivity contribution in [3.63, 3.8) is 0 Å². The summed E-state index contributed by atoms with van der Waals surface area (Å²) in [6.07, 6.45) is 0.537. The Morgan fingerprint density at radius 3 is 2.14 bits per heavy atom. The van der Waals surface area contributed by atoms with E-state index in [1.807, 2.05) is 0 Å². The van der Waals surface area contributed by atoms with E-state index < -0.39 is 21.1 Å². The van der Waals surface area contributed by atoms with Gasteiger partial charge in [0.1, 0.15) is 0 Å². The summed E-state index contributed by atoms with van der Waals surface area (Å²) in [4.78, 5) is 20.8. The first kappa shape index (κ1) is 13.2. The summed E-state index contributed by atoms with van der Waals surface area (Å²) in [5, 5.41) is 8.25. The van der Waals surface area contributed by atoms with Crippen molar-refractivity contribution in [1.29, 1.82) is 0 Å². The highest BCUT2D eigenvalue weighted by molar-refractivity contribution is 8.12. The highest BCUT2D eigenvalue weighted by Crippen LogP contribution is 2.01. The van der Waals surface area contributed by atoms with Crippen LogP contribution in [0.4, 0.5) is 0 Å². The smallest absolute Gasteiger partial charge is 0.321 e. The van der Waals surface area contributed by atoms with E-state index in [4.69, 9.17) is 15.8 Å². The number of carbonyl (C=O) groups is 2. The molecule has 0 aliphatic heterocycles. The molecule has 0 aromatic carbocycles. The standard InChI is InChI=1S/C6H10ClNO5S/c7-14(12,13)8-5(9)3-1-2-4-6(10)11/h1-4H2,(H,8,9)(H,10,11). The lowest BCUT2D eigenvalue weighted by atomic mass is 10.2. The molecular weight excluding hydrogens is 234 g/mol. The molecule has 0 spiro atoms. The molecule has 0 radical (unpaired) electrons. The van der Waals surface area contributed by atoms with E-state index in [1.165, 1.54) is 0 Å². The van der Waals surface area contributed by atoms with Gasteiger partial charge in [-0.25, -0.2) is 4.72 Å². The minimum Gasteiger partial charge on any atom is -0.481 e. The van der Waals surface area contributed by atoms with Gasteiger partial charge in [-0.15, -0.1) is 0 Å². The van der Waals surface area contributed by atoms with Crippen LogP contribution in [0.15, 0.2) is 0 Å². The summed E-state index contributed by atoms with van der Waals surface area (Å²) in [6, 6.07) is 0. The van der Waals surface area contributed by atoms with Crippen molar-refractivity contribution in [3.8, 4) is 0 Å². The largest absolute Gasteiger partial charge is 0.481 e. The fourth-order valence-corrected chi connectivity index (χ4v) is 1.38. The lowest BCUT2D eigenvalue weighted by molar-refractivity contribution is -0.137. The zero-order valence-corrected chi connectivity index (χ0v) is 8.77. The third-order valence-electron chi connectivity index (χ3n) is 1.28. The second-order valence-electron chi connectivity index (χ2n) is 2.56. The molecule has 2 N–H and O–H groups in total. The molecule has 0 bridgehead atoms. The molecule has 1 amide bonds. The Labute approximate surface area is 85.8 Å². The van der Waals surface area contributed by atoms with E-state index in [0.29, 0.717) is 12.8 Å². The van der Waals surface area contributed by atoms with Gasteiger partial charge in [-0.3, -0.25) is 9.59 Å². The van der Waals surface area contributed by atoms with E-state index >= 15 is 0 Å². The van der Waals surface area contributed by atoms with Crippen LogP contribution in [0.3, 0.4) is 0 Å². The van der Waals surface area contributed by atoms with Crippen LogP contribution >= 0.6 is 10.7 Å². The number of halogens is 1. The number of carboxylic acids is 1. The van der Waals surface area contributed by atoms with Crippen LogP contribution in [-0.2, 0) is 18.8 Å². The maximum Gasteiger partial charge on any atom is 0.321 e. The molecule has 8 heteroatoms. The molecule has 82 valence electrons. The molecular formula is C6H10ClNO5S. The number of nitrogens with one attached hydrogen (secondary N) is 1. The molecule has 0 aliphatic carbocycles. The van der Waals surface area contributed by atoms with Crippen LogP contribution in [-0.4, -0.2) is 25.4 Å². The minimum absolute atomic E-state index is 0.0408. The predicted octanol–water partition coefficient (Wildman–Crippen LogP) is 0.231. The second kappa shape index (κ2) is 5.82. The first-order valence-electron chi connectivity index (χ1n) is 3.78. The van der Waals surface area contributed by atoms with E-state index in [2.05, 4.69) is 0 Å². The molecule has 0 aromatic heterocycles. The van der Waals surface area contributed by atoms with Gasteiger partial charge in [0.25, 0.3) is 0 Å². The number of rotatable bonds is 6. The van der Waals surface area contributed by atoms with Gasteiger partial charge in [0.05, 0.1) is 0 Å². The van der Waals surface area contributed by atoms with E-state index in [0.717, 1.165) is 0 Å². The number of hydrogen-bond donors (Lipinski definition) is 2. The second-order valence-corrected chi connectivity index (χ2v) is 4.86. The van der Waals surface area contributed by atoms with Crippen LogP contribution < -0.4 is 4.72 Å². The van der Waals surface area contributed by atoms with Gasteiger partial charge in [-0.05, 0) is 12.8 Å². The number of amides is 1. The molecule has 0 unspecified atom stereocenters. The Kier molecular flexibility index (Phi) is 5.47.